The maximum Gasteiger partial charge on any atom is 0.324 e. The normalized spacial score (nSPS) is 10.1. The highest BCUT2D eigenvalue weighted by molar-refractivity contribution is 7.08. The third-order valence-electron chi connectivity index (χ3n) is 4.15. The molecular weight excluding hydrogens is 450 g/mol. The lowest BCUT2D eigenvalue weighted by atomic mass is 10.2. The van der Waals surface area contributed by atoms with Crippen molar-refractivity contribution in [2.24, 2.45) is 0 Å². The fourth-order valence-corrected chi connectivity index (χ4v) is 3.49. The number of hydrogen-bond acceptors (Lipinski definition) is 5. The molecule has 3 amide bonds. The first-order valence-corrected chi connectivity index (χ1v) is 11.0. The van der Waals surface area contributed by atoms with Crippen molar-refractivity contribution in [1.29, 1.82) is 0 Å². The van der Waals surface area contributed by atoms with Gasteiger partial charge in [0.1, 0.15) is 11.6 Å². The van der Waals surface area contributed by atoms with E-state index < -0.39 is 6.03 Å². The molecule has 0 atom stereocenters. The van der Waals surface area contributed by atoms with Gasteiger partial charge in [0.05, 0.1) is 25.3 Å². The topological polar surface area (TPSA) is 96.7 Å². The fourth-order valence-electron chi connectivity index (χ4n) is 2.65. The van der Waals surface area contributed by atoms with E-state index >= 15 is 0 Å². The zero-order chi connectivity index (χ0) is 22.8. The molecule has 0 radical (unpaired) electrons. The Balaban J connectivity index is 1.46. The van der Waals surface area contributed by atoms with Crippen LogP contribution in [0.15, 0.2) is 53.4 Å². The summed E-state index contributed by atoms with van der Waals surface area (Å²) in [6.07, 6.45) is 2.33. The van der Waals surface area contributed by atoms with E-state index in [9.17, 15) is 9.59 Å². The first-order valence-electron chi connectivity index (χ1n) is 9.65. The molecule has 3 N–H and O–H groups in total. The van der Waals surface area contributed by atoms with Gasteiger partial charge in [-0.15, -0.1) is 0 Å². The molecule has 8 nitrogen and oxygen atoms in total. The predicted molar refractivity (Wildman–Crippen MR) is 126 cm³/mol. The molecule has 3 rings (SSSR count). The van der Waals surface area contributed by atoms with Crippen molar-refractivity contribution in [2.45, 2.75) is 12.8 Å². The van der Waals surface area contributed by atoms with E-state index in [1.807, 2.05) is 16.8 Å². The molecule has 10 heteroatoms. The summed E-state index contributed by atoms with van der Waals surface area (Å²) in [6, 6.07) is 9.40. The average molecular weight is 470 g/mol. The van der Waals surface area contributed by atoms with Gasteiger partial charge in [-0.25, -0.2) is 9.64 Å². The average Bonchev–Trinajstić information content (AvgIpc) is 3.28. The summed E-state index contributed by atoms with van der Waals surface area (Å²) in [6.45, 7) is 7.75. The maximum atomic E-state index is 12.3. The molecular formula is C22H20ClN5O3S. The van der Waals surface area contributed by atoms with Crippen molar-refractivity contribution in [3.63, 3.8) is 0 Å². The monoisotopic (exact) mass is 469 g/mol. The number of thiophene rings is 1. The Kier molecular flexibility index (Phi) is 8.43. The number of halogens is 1. The summed E-state index contributed by atoms with van der Waals surface area (Å²) in [7, 11) is 0. The number of rotatable bonds is 9. The number of nitrogens with zero attached hydrogens (tertiary/aromatic N) is 2. The summed E-state index contributed by atoms with van der Waals surface area (Å²) in [5.41, 5.74) is 1.77. The largest absolute Gasteiger partial charge is 0.491 e. The number of amides is 3. The first kappa shape index (κ1) is 23.1. The van der Waals surface area contributed by atoms with E-state index in [-0.39, 0.29) is 5.91 Å². The minimum atomic E-state index is -0.527. The van der Waals surface area contributed by atoms with Crippen LogP contribution in [-0.4, -0.2) is 30.1 Å². The van der Waals surface area contributed by atoms with Crippen molar-refractivity contribution in [3.05, 3.63) is 75.4 Å². The molecule has 3 aromatic rings. The summed E-state index contributed by atoms with van der Waals surface area (Å²) in [5.74, 6) is 0.718. The van der Waals surface area contributed by atoms with Gasteiger partial charge in [0.2, 0.25) is 11.6 Å². The molecule has 0 unspecified atom stereocenters. The maximum absolute atomic E-state index is 12.3. The number of anilines is 2. The molecule has 0 spiro atoms. The molecule has 0 saturated carbocycles. The molecule has 2 aromatic heterocycles. The van der Waals surface area contributed by atoms with Gasteiger partial charge < -0.3 is 15.4 Å². The highest BCUT2D eigenvalue weighted by atomic mass is 35.5. The van der Waals surface area contributed by atoms with Crippen LogP contribution in [0.1, 0.15) is 12.0 Å². The van der Waals surface area contributed by atoms with E-state index in [2.05, 4.69) is 25.8 Å². The van der Waals surface area contributed by atoms with Crippen molar-refractivity contribution in [3.8, 4) is 5.75 Å². The molecule has 0 aliphatic heterocycles. The lowest BCUT2D eigenvalue weighted by Crippen LogP contribution is -2.27. The molecule has 0 aliphatic rings. The van der Waals surface area contributed by atoms with Crippen molar-refractivity contribution in [1.82, 2.24) is 10.3 Å². The van der Waals surface area contributed by atoms with Crippen LogP contribution in [0.25, 0.3) is 4.85 Å². The van der Waals surface area contributed by atoms with Crippen molar-refractivity contribution in [2.75, 3.05) is 23.8 Å². The van der Waals surface area contributed by atoms with Gasteiger partial charge >= 0.3 is 6.03 Å². The zero-order valence-corrected chi connectivity index (χ0v) is 18.5. The Labute approximate surface area is 194 Å². The Morgan fingerprint density at radius 3 is 2.78 bits per heavy atom. The number of carbonyl (C=O) groups is 2. The van der Waals surface area contributed by atoms with Crippen LogP contribution in [0.5, 0.6) is 5.75 Å². The van der Waals surface area contributed by atoms with E-state index in [1.54, 1.807) is 35.6 Å². The Morgan fingerprint density at radius 2 is 2.06 bits per heavy atom. The summed E-state index contributed by atoms with van der Waals surface area (Å²) in [5, 5.41) is 12.5. The van der Waals surface area contributed by atoms with Gasteiger partial charge in [-0.3, -0.25) is 15.1 Å². The van der Waals surface area contributed by atoms with Crippen LogP contribution in [0, 0.1) is 6.57 Å². The number of carbonyl (C=O) groups excluding carboxylic acids is 2. The van der Waals surface area contributed by atoms with Gasteiger partial charge in [0, 0.05) is 17.8 Å². The molecule has 32 heavy (non-hydrogen) atoms. The summed E-state index contributed by atoms with van der Waals surface area (Å²) in [4.78, 5) is 31.5. The summed E-state index contributed by atoms with van der Waals surface area (Å²) < 4.78 is 5.76. The lowest BCUT2D eigenvalue weighted by Gasteiger charge is -2.14. The lowest BCUT2D eigenvalue weighted by molar-refractivity contribution is -0.120. The Morgan fingerprint density at radius 1 is 1.19 bits per heavy atom. The van der Waals surface area contributed by atoms with Crippen LogP contribution in [-0.2, 0) is 11.2 Å². The number of hydrogen-bond donors (Lipinski definition) is 3. The molecule has 0 saturated heterocycles. The number of urea groups is 1. The smallest absolute Gasteiger partial charge is 0.324 e. The molecule has 164 valence electrons. The SMILES string of the molecule is [C-]#[N+]c1ccc(NC(=O)Nc2cc(Cl)ccc2OCCCNC(=O)Cc2ccsc2)nc1. The van der Waals surface area contributed by atoms with E-state index in [1.165, 1.54) is 12.3 Å². The predicted octanol–water partition coefficient (Wildman–Crippen LogP) is 5.12. The molecule has 0 fully saturated rings. The van der Waals surface area contributed by atoms with Gasteiger partial charge in [-0.05, 0) is 53.1 Å². The number of ether oxygens (including phenoxy) is 1. The second-order valence-corrected chi connectivity index (χ2v) is 7.81. The van der Waals surface area contributed by atoms with Crippen LogP contribution in [0.4, 0.5) is 22.0 Å². The Bertz CT molecular complexity index is 1100. The van der Waals surface area contributed by atoms with E-state index in [0.29, 0.717) is 54.0 Å². The minimum Gasteiger partial charge on any atom is -0.491 e. The Hall–Kier alpha value is -3.61. The third kappa shape index (κ3) is 7.27. The zero-order valence-electron chi connectivity index (χ0n) is 16.9. The number of pyridine rings is 1. The van der Waals surface area contributed by atoms with Gasteiger partial charge in [-0.1, -0.05) is 17.7 Å². The molecule has 1 aromatic carbocycles. The third-order valence-corrected chi connectivity index (χ3v) is 5.12. The second kappa shape index (κ2) is 11.7. The van der Waals surface area contributed by atoms with Gasteiger partial charge in [0.15, 0.2) is 0 Å². The first-order chi connectivity index (χ1) is 15.5. The highest BCUT2D eigenvalue weighted by Gasteiger charge is 2.10. The molecule has 2 heterocycles. The van der Waals surface area contributed by atoms with Crippen LogP contribution < -0.4 is 20.7 Å². The minimum absolute atomic E-state index is 0.0352. The van der Waals surface area contributed by atoms with Gasteiger partial charge in [0.25, 0.3) is 0 Å². The van der Waals surface area contributed by atoms with Crippen LogP contribution >= 0.6 is 22.9 Å². The van der Waals surface area contributed by atoms with Crippen molar-refractivity contribution < 1.29 is 14.3 Å². The van der Waals surface area contributed by atoms with Gasteiger partial charge in [-0.2, -0.15) is 11.3 Å². The number of benzene rings is 1. The number of aromatic nitrogens is 1. The second-order valence-electron chi connectivity index (χ2n) is 6.59. The van der Waals surface area contributed by atoms with E-state index in [4.69, 9.17) is 22.9 Å². The van der Waals surface area contributed by atoms with E-state index in [0.717, 1.165) is 5.56 Å². The summed E-state index contributed by atoms with van der Waals surface area (Å²) >= 11 is 7.62. The van der Waals surface area contributed by atoms with Crippen LogP contribution in [0.2, 0.25) is 5.02 Å². The van der Waals surface area contributed by atoms with Crippen molar-refractivity contribution >= 4 is 52.1 Å². The molecule has 0 aliphatic carbocycles. The van der Waals surface area contributed by atoms with Crippen LogP contribution in [0.3, 0.4) is 0 Å². The standard InChI is InChI=1S/C22H20ClN5O3S/c1-24-17-4-6-20(26-13-17)28-22(30)27-18-12-16(23)3-5-19(18)31-9-2-8-25-21(29)11-15-7-10-32-14-15/h3-7,10,12-14H,2,8-9,11H2,(H,25,29)(H2,26,27,28,30). The quantitative estimate of drug-likeness (QED) is 0.299. The fraction of sp³-hybridized carbons (Fsp3) is 0.182. The number of nitrogens with one attached hydrogen (secondary N) is 3. The molecule has 0 bridgehead atoms. The highest BCUT2D eigenvalue weighted by Crippen LogP contribution is 2.28.